The van der Waals surface area contributed by atoms with Crippen LogP contribution >= 0.6 is 22.9 Å². The van der Waals surface area contributed by atoms with Crippen LogP contribution in [0, 0.1) is 11.6 Å². The lowest BCUT2D eigenvalue weighted by Gasteiger charge is -2.14. The molecule has 2 N–H and O–H groups in total. The molecule has 0 aliphatic heterocycles. The normalized spacial score (nSPS) is 12.5. The Morgan fingerprint density at radius 1 is 1.33 bits per heavy atom. The van der Waals surface area contributed by atoms with E-state index in [0.717, 1.165) is 12.1 Å². The summed E-state index contributed by atoms with van der Waals surface area (Å²) in [6, 6.07) is 3.05. The minimum atomic E-state index is -0.992. The van der Waals surface area contributed by atoms with Gasteiger partial charge in [-0.15, -0.1) is 11.3 Å². The molecular formula is C12H10ClF2NOS. The van der Waals surface area contributed by atoms with Gasteiger partial charge in [0.15, 0.2) is 11.6 Å². The highest BCUT2D eigenvalue weighted by molar-refractivity contribution is 7.10. The van der Waals surface area contributed by atoms with E-state index in [-0.39, 0.29) is 5.02 Å². The zero-order valence-corrected chi connectivity index (χ0v) is 11.0. The fourth-order valence-corrected chi connectivity index (χ4v) is 2.77. The molecule has 2 aromatic rings. The largest absolute Gasteiger partial charge is 0.496 e. The monoisotopic (exact) mass is 289 g/mol. The molecule has 0 aliphatic rings. The van der Waals surface area contributed by atoms with E-state index in [0.29, 0.717) is 16.2 Å². The van der Waals surface area contributed by atoms with E-state index in [4.69, 9.17) is 22.1 Å². The Bertz CT molecular complexity index is 573. The van der Waals surface area contributed by atoms with E-state index in [1.807, 2.05) is 5.38 Å². The van der Waals surface area contributed by atoms with E-state index < -0.39 is 17.7 Å². The molecule has 0 spiro atoms. The number of ether oxygens (including phenoxy) is 1. The van der Waals surface area contributed by atoms with Crippen molar-refractivity contribution in [3.8, 4) is 5.75 Å². The summed E-state index contributed by atoms with van der Waals surface area (Å²) < 4.78 is 31.4. The molecule has 1 aromatic carbocycles. The van der Waals surface area contributed by atoms with E-state index in [9.17, 15) is 8.78 Å². The molecule has 2 nitrogen and oxygen atoms in total. The summed E-state index contributed by atoms with van der Waals surface area (Å²) in [6.45, 7) is 0. The molecule has 0 amide bonds. The van der Waals surface area contributed by atoms with Crippen LogP contribution in [0.1, 0.15) is 16.5 Å². The number of halogens is 3. The molecule has 1 unspecified atom stereocenters. The van der Waals surface area contributed by atoms with Crippen LogP contribution in [-0.4, -0.2) is 7.11 Å². The van der Waals surface area contributed by atoms with Crippen molar-refractivity contribution in [1.82, 2.24) is 0 Å². The first-order valence-electron chi connectivity index (χ1n) is 5.06. The van der Waals surface area contributed by atoms with Crippen molar-refractivity contribution in [2.24, 2.45) is 5.73 Å². The molecular weight excluding hydrogens is 280 g/mol. The maximum Gasteiger partial charge on any atom is 0.160 e. The number of hydrogen-bond acceptors (Lipinski definition) is 3. The zero-order valence-electron chi connectivity index (χ0n) is 9.41. The number of methoxy groups -OCH3 is 1. The summed E-state index contributed by atoms with van der Waals surface area (Å²) in [6.07, 6.45) is 0. The highest BCUT2D eigenvalue weighted by Crippen LogP contribution is 2.36. The summed E-state index contributed by atoms with van der Waals surface area (Å²) in [5.74, 6) is -1.36. The van der Waals surface area contributed by atoms with Gasteiger partial charge in [0.2, 0.25) is 0 Å². The molecule has 1 atom stereocenters. The SMILES string of the molecule is COc1ccsc1C(N)c1cc(F)c(F)cc1Cl. The summed E-state index contributed by atoms with van der Waals surface area (Å²) in [5, 5.41) is 1.90. The molecule has 1 aromatic heterocycles. The Morgan fingerprint density at radius 2 is 2.00 bits per heavy atom. The third kappa shape index (κ3) is 2.34. The van der Waals surface area contributed by atoms with Crippen LogP contribution in [0.15, 0.2) is 23.6 Å². The third-order valence-corrected chi connectivity index (χ3v) is 3.84. The zero-order chi connectivity index (χ0) is 13.3. The van der Waals surface area contributed by atoms with Gasteiger partial charge in [0.25, 0.3) is 0 Å². The van der Waals surface area contributed by atoms with Crippen molar-refractivity contribution in [2.75, 3.05) is 7.11 Å². The van der Waals surface area contributed by atoms with Gasteiger partial charge in [-0.25, -0.2) is 8.78 Å². The number of nitrogens with two attached hydrogens (primary N) is 1. The minimum Gasteiger partial charge on any atom is -0.496 e. The molecule has 0 fully saturated rings. The second kappa shape index (κ2) is 5.22. The Labute approximate surface area is 112 Å². The third-order valence-electron chi connectivity index (χ3n) is 2.53. The topological polar surface area (TPSA) is 35.2 Å². The highest BCUT2D eigenvalue weighted by Gasteiger charge is 2.20. The molecule has 2 rings (SSSR count). The molecule has 0 saturated carbocycles. The molecule has 1 heterocycles. The first-order chi connectivity index (χ1) is 8.54. The van der Waals surface area contributed by atoms with Crippen LogP contribution in [0.25, 0.3) is 0 Å². The van der Waals surface area contributed by atoms with Crippen molar-refractivity contribution in [3.05, 3.63) is 50.7 Å². The molecule has 0 saturated heterocycles. The average molecular weight is 290 g/mol. The summed E-state index contributed by atoms with van der Waals surface area (Å²) in [5.41, 5.74) is 6.34. The van der Waals surface area contributed by atoms with Crippen LogP contribution in [0.2, 0.25) is 5.02 Å². The second-order valence-electron chi connectivity index (χ2n) is 3.62. The Kier molecular flexibility index (Phi) is 3.85. The van der Waals surface area contributed by atoms with Crippen LogP contribution in [0.5, 0.6) is 5.75 Å². The maximum atomic E-state index is 13.2. The molecule has 18 heavy (non-hydrogen) atoms. The van der Waals surface area contributed by atoms with Gasteiger partial charge in [-0.2, -0.15) is 0 Å². The molecule has 0 aliphatic carbocycles. The number of rotatable bonds is 3. The van der Waals surface area contributed by atoms with E-state index in [1.165, 1.54) is 18.4 Å². The lowest BCUT2D eigenvalue weighted by Crippen LogP contribution is -2.12. The first-order valence-corrected chi connectivity index (χ1v) is 6.31. The summed E-state index contributed by atoms with van der Waals surface area (Å²) >= 11 is 7.26. The first kappa shape index (κ1) is 13.3. The van der Waals surface area contributed by atoms with Crippen molar-refractivity contribution in [2.45, 2.75) is 6.04 Å². The lowest BCUT2D eigenvalue weighted by atomic mass is 10.1. The predicted molar refractivity (Wildman–Crippen MR) is 68.3 cm³/mol. The van der Waals surface area contributed by atoms with Gasteiger partial charge in [-0.3, -0.25) is 0 Å². The van der Waals surface area contributed by atoms with Gasteiger partial charge < -0.3 is 10.5 Å². The molecule has 0 radical (unpaired) electrons. The van der Waals surface area contributed by atoms with Gasteiger partial charge in [0.1, 0.15) is 5.75 Å². The molecule has 0 bridgehead atoms. The van der Waals surface area contributed by atoms with Crippen molar-refractivity contribution in [3.63, 3.8) is 0 Å². The smallest absolute Gasteiger partial charge is 0.160 e. The van der Waals surface area contributed by atoms with Gasteiger partial charge >= 0.3 is 0 Å². The number of hydrogen-bond donors (Lipinski definition) is 1. The van der Waals surface area contributed by atoms with Gasteiger partial charge in [0, 0.05) is 5.02 Å². The summed E-state index contributed by atoms with van der Waals surface area (Å²) in [4.78, 5) is 0.713. The van der Waals surface area contributed by atoms with Crippen molar-refractivity contribution >= 4 is 22.9 Å². The Hall–Kier alpha value is -1.17. The quantitative estimate of drug-likeness (QED) is 0.874. The van der Waals surface area contributed by atoms with Crippen LogP contribution in [0.4, 0.5) is 8.78 Å². The molecule has 6 heteroatoms. The van der Waals surface area contributed by atoms with Gasteiger partial charge in [0.05, 0.1) is 18.0 Å². The van der Waals surface area contributed by atoms with Crippen LogP contribution < -0.4 is 10.5 Å². The van der Waals surface area contributed by atoms with E-state index in [1.54, 1.807) is 6.07 Å². The standard InChI is InChI=1S/C12H10ClF2NOS/c1-17-10-2-3-18-12(10)11(16)6-4-8(14)9(15)5-7(6)13/h2-5,11H,16H2,1H3. The van der Waals surface area contributed by atoms with Crippen LogP contribution in [-0.2, 0) is 0 Å². The average Bonchev–Trinajstić information content (AvgIpc) is 2.81. The fourth-order valence-electron chi connectivity index (χ4n) is 1.62. The van der Waals surface area contributed by atoms with Gasteiger partial charge in [-0.1, -0.05) is 11.6 Å². The van der Waals surface area contributed by atoms with Crippen molar-refractivity contribution in [1.29, 1.82) is 0 Å². The maximum absolute atomic E-state index is 13.2. The van der Waals surface area contributed by atoms with Gasteiger partial charge in [-0.05, 0) is 29.1 Å². The minimum absolute atomic E-state index is 0.0943. The summed E-state index contributed by atoms with van der Waals surface area (Å²) in [7, 11) is 1.52. The van der Waals surface area contributed by atoms with E-state index >= 15 is 0 Å². The fraction of sp³-hybridized carbons (Fsp3) is 0.167. The van der Waals surface area contributed by atoms with Crippen LogP contribution in [0.3, 0.4) is 0 Å². The highest BCUT2D eigenvalue weighted by atomic mass is 35.5. The Morgan fingerprint density at radius 3 is 2.67 bits per heavy atom. The van der Waals surface area contributed by atoms with E-state index in [2.05, 4.69) is 0 Å². The lowest BCUT2D eigenvalue weighted by molar-refractivity contribution is 0.410. The number of thiophene rings is 1. The van der Waals surface area contributed by atoms with Crippen molar-refractivity contribution < 1.29 is 13.5 Å². The molecule has 96 valence electrons. The second-order valence-corrected chi connectivity index (χ2v) is 4.97. The Balaban J connectivity index is 2.46. The number of benzene rings is 1. The predicted octanol–water partition coefficient (Wildman–Crippen LogP) is 3.74.